The molecule has 0 fully saturated rings. The van der Waals surface area contributed by atoms with Crippen LogP contribution < -0.4 is 10.6 Å². The first-order valence-electron chi connectivity index (χ1n) is 6.52. The molecule has 0 saturated heterocycles. The molecule has 21 heavy (non-hydrogen) atoms. The van der Waals surface area contributed by atoms with Gasteiger partial charge in [0.05, 0.1) is 22.3 Å². The number of hydrogen-bond donors (Lipinski definition) is 2. The van der Waals surface area contributed by atoms with Gasteiger partial charge in [-0.15, -0.1) is 0 Å². The molecule has 4 nitrogen and oxygen atoms in total. The molecule has 2 N–H and O–H groups in total. The van der Waals surface area contributed by atoms with E-state index in [-0.39, 0.29) is 11.9 Å². The number of nitriles is 1. The molecule has 1 unspecified atom stereocenters. The van der Waals surface area contributed by atoms with Crippen LogP contribution in [0.15, 0.2) is 42.5 Å². The number of nitrogens with one attached hydrogen (secondary N) is 2. The Balaban J connectivity index is 1.73. The fourth-order valence-corrected chi connectivity index (χ4v) is 2.59. The van der Waals surface area contributed by atoms with Crippen LogP contribution in [0.2, 0.25) is 5.02 Å². The first-order valence-corrected chi connectivity index (χ1v) is 6.90. The van der Waals surface area contributed by atoms with Crippen molar-refractivity contribution in [2.75, 3.05) is 10.6 Å². The highest BCUT2D eigenvalue weighted by atomic mass is 35.5. The van der Waals surface area contributed by atoms with E-state index < -0.39 is 0 Å². The van der Waals surface area contributed by atoms with Gasteiger partial charge in [-0.25, -0.2) is 0 Å². The summed E-state index contributed by atoms with van der Waals surface area (Å²) in [4.78, 5) is 12.3. The van der Waals surface area contributed by atoms with E-state index in [1.807, 2.05) is 30.3 Å². The van der Waals surface area contributed by atoms with Gasteiger partial charge >= 0.3 is 0 Å². The number of carbonyl (C=O) groups is 1. The Morgan fingerprint density at radius 2 is 2.14 bits per heavy atom. The quantitative estimate of drug-likeness (QED) is 0.894. The van der Waals surface area contributed by atoms with Crippen molar-refractivity contribution in [3.63, 3.8) is 0 Å². The Morgan fingerprint density at radius 3 is 2.86 bits per heavy atom. The first-order chi connectivity index (χ1) is 10.2. The summed E-state index contributed by atoms with van der Waals surface area (Å²) in [5, 5.41) is 15.1. The zero-order chi connectivity index (χ0) is 14.8. The molecule has 2 aromatic rings. The van der Waals surface area contributed by atoms with Crippen LogP contribution in [0.25, 0.3) is 0 Å². The molecule has 2 aromatic carbocycles. The molecule has 1 heterocycles. The Kier molecular flexibility index (Phi) is 3.51. The molecule has 1 aliphatic rings. The standard InChI is InChI=1S/C16H12ClN3O/c17-12-7-10(9-18)5-6-14(12)20-16(21)15-8-11-3-1-2-4-13(11)19-15/h1-7,15,19H,8H2,(H,20,21). The lowest BCUT2D eigenvalue weighted by Crippen LogP contribution is -2.32. The number of benzene rings is 2. The number of carbonyl (C=O) groups excluding carboxylic acids is 1. The van der Waals surface area contributed by atoms with Gasteiger partial charge in [-0.05, 0) is 29.8 Å². The van der Waals surface area contributed by atoms with Crippen LogP contribution in [-0.2, 0) is 11.2 Å². The number of nitrogens with zero attached hydrogens (tertiary/aromatic N) is 1. The second kappa shape index (κ2) is 5.47. The highest BCUT2D eigenvalue weighted by Gasteiger charge is 2.26. The van der Waals surface area contributed by atoms with Gasteiger partial charge < -0.3 is 10.6 Å². The summed E-state index contributed by atoms with van der Waals surface area (Å²) in [5.74, 6) is -0.141. The van der Waals surface area contributed by atoms with E-state index in [9.17, 15) is 4.79 Å². The van der Waals surface area contributed by atoms with Crippen molar-refractivity contribution in [3.8, 4) is 6.07 Å². The minimum Gasteiger partial charge on any atom is -0.373 e. The van der Waals surface area contributed by atoms with Crippen LogP contribution in [0.5, 0.6) is 0 Å². The van der Waals surface area contributed by atoms with Crippen molar-refractivity contribution in [2.24, 2.45) is 0 Å². The summed E-state index contributed by atoms with van der Waals surface area (Å²) in [6.45, 7) is 0. The number of rotatable bonds is 2. The van der Waals surface area contributed by atoms with Gasteiger partial charge in [0.2, 0.25) is 5.91 Å². The average Bonchev–Trinajstić information content (AvgIpc) is 2.93. The monoisotopic (exact) mass is 297 g/mol. The molecule has 5 heteroatoms. The van der Waals surface area contributed by atoms with Crippen molar-refractivity contribution >= 4 is 28.9 Å². The highest BCUT2D eigenvalue weighted by molar-refractivity contribution is 6.33. The summed E-state index contributed by atoms with van der Waals surface area (Å²) in [6.07, 6.45) is 0.649. The van der Waals surface area contributed by atoms with E-state index >= 15 is 0 Å². The van der Waals surface area contributed by atoms with Crippen molar-refractivity contribution in [3.05, 3.63) is 58.6 Å². The van der Waals surface area contributed by atoms with E-state index in [1.165, 1.54) is 6.07 Å². The molecular weight excluding hydrogens is 286 g/mol. The van der Waals surface area contributed by atoms with Crippen molar-refractivity contribution < 1.29 is 4.79 Å². The molecule has 1 amide bonds. The fourth-order valence-electron chi connectivity index (χ4n) is 2.36. The summed E-state index contributed by atoms with van der Waals surface area (Å²) in [6, 6.07) is 14.3. The molecule has 1 aliphatic heterocycles. The maximum absolute atomic E-state index is 12.3. The maximum Gasteiger partial charge on any atom is 0.247 e. The average molecular weight is 298 g/mol. The molecule has 0 aromatic heterocycles. The van der Waals surface area contributed by atoms with Gasteiger partial charge in [-0.1, -0.05) is 29.8 Å². The van der Waals surface area contributed by atoms with Gasteiger partial charge in [-0.3, -0.25) is 4.79 Å². The van der Waals surface area contributed by atoms with Crippen LogP contribution in [0, 0.1) is 11.3 Å². The molecule has 3 rings (SSSR count). The zero-order valence-corrected chi connectivity index (χ0v) is 11.8. The van der Waals surface area contributed by atoms with Gasteiger partial charge in [0.15, 0.2) is 0 Å². The fraction of sp³-hybridized carbons (Fsp3) is 0.125. The predicted molar refractivity (Wildman–Crippen MR) is 82.4 cm³/mol. The van der Waals surface area contributed by atoms with Crippen molar-refractivity contribution in [1.82, 2.24) is 0 Å². The lowest BCUT2D eigenvalue weighted by Gasteiger charge is -2.13. The highest BCUT2D eigenvalue weighted by Crippen LogP contribution is 2.27. The molecule has 0 saturated carbocycles. The smallest absolute Gasteiger partial charge is 0.247 e. The second-order valence-electron chi connectivity index (χ2n) is 4.85. The van der Waals surface area contributed by atoms with Gasteiger partial charge in [-0.2, -0.15) is 5.26 Å². The Morgan fingerprint density at radius 1 is 1.33 bits per heavy atom. The SMILES string of the molecule is N#Cc1ccc(NC(=O)C2Cc3ccccc3N2)c(Cl)c1. The van der Waals surface area contributed by atoms with E-state index in [4.69, 9.17) is 16.9 Å². The largest absolute Gasteiger partial charge is 0.373 e. The third-order valence-corrected chi connectivity index (χ3v) is 3.76. The van der Waals surface area contributed by atoms with Crippen molar-refractivity contribution in [2.45, 2.75) is 12.5 Å². The minimum absolute atomic E-state index is 0.141. The molecule has 104 valence electrons. The predicted octanol–water partition coefficient (Wildman–Crippen LogP) is 3.19. The minimum atomic E-state index is -0.311. The van der Waals surface area contributed by atoms with E-state index in [0.29, 0.717) is 22.7 Å². The van der Waals surface area contributed by atoms with E-state index in [0.717, 1.165) is 11.3 Å². The van der Waals surface area contributed by atoms with Crippen LogP contribution in [-0.4, -0.2) is 11.9 Å². The number of fused-ring (bicyclic) bond motifs is 1. The zero-order valence-electron chi connectivity index (χ0n) is 11.1. The topological polar surface area (TPSA) is 64.9 Å². The van der Waals surface area contributed by atoms with Crippen molar-refractivity contribution in [1.29, 1.82) is 5.26 Å². The van der Waals surface area contributed by atoms with E-state index in [2.05, 4.69) is 10.6 Å². The maximum atomic E-state index is 12.3. The Hall–Kier alpha value is -2.51. The number of anilines is 2. The summed E-state index contributed by atoms with van der Waals surface area (Å²) in [7, 11) is 0. The van der Waals surface area contributed by atoms with Crippen LogP contribution in [0.4, 0.5) is 11.4 Å². The lowest BCUT2D eigenvalue weighted by molar-refractivity contribution is -0.116. The second-order valence-corrected chi connectivity index (χ2v) is 5.26. The normalized spacial score (nSPS) is 15.7. The Labute approximate surface area is 127 Å². The summed E-state index contributed by atoms with van der Waals surface area (Å²) in [5.41, 5.74) is 3.09. The Bertz CT molecular complexity index is 726. The number of para-hydroxylation sites is 1. The number of hydrogen-bond acceptors (Lipinski definition) is 3. The molecule has 0 radical (unpaired) electrons. The third-order valence-electron chi connectivity index (χ3n) is 3.44. The third kappa shape index (κ3) is 2.69. The van der Waals surface area contributed by atoms with Crippen LogP contribution in [0.1, 0.15) is 11.1 Å². The summed E-state index contributed by atoms with van der Waals surface area (Å²) < 4.78 is 0. The summed E-state index contributed by atoms with van der Waals surface area (Å²) >= 11 is 6.06. The van der Waals surface area contributed by atoms with Crippen LogP contribution in [0.3, 0.4) is 0 Å². The van der Waals surface area contributed by atoms with Gasteiger partial charge in [0.25, 0.3) is 0 Å². The number of halogens is 1. The van der Waals surface area contributed by atoms with E-state index in [1.54, 1.807) is 12.1 Å². The van der Waals surface area contributed by atoms with Gasteiger partial charge in [0, 0.05) is 12.1 Å². The lowest BCUT2D eigenvalue weighted by atomic mass is 10.1. The van der Waals surface area contributed by atoms with Gasteiger partial charge in [0.1, 0.15) is 6.04 Å². The van der Waals surface area contributed by atoms with Crippen LogP contribution >= 0.6 is 11.6 Å². The molecule has 1 atom stereocenters. The molecule has 0 bridgehead atoms. The molecule has 0 spiro atoms. The first kappa shape index (κ1) is 13.5. The number of amides is 1. The molecule has 0 aliphatic carbocycles. The molecular formula is C16H12ClN3O.